The predicted molar refractivity (Wildman–Crippen MR) is 226 cm³/mol. The van der Waals surface area contributed by atoms with Crippen LogP contribution in [0.1, 0.15) is 0 Å². The van der Waals surface area contributed by atoms with Crippen LogP contribution in [0.4, 0.5) is 0 Å². The molecule has 0 N–H and O–H groups in total. The number of hydrogen-bond acceptors (Lipinski definition) is 4. The second kappa shape index (κ2) is 12.6. The third kappa shape index (κ3) is 5.19. The van der Waals surface area contributed by atoms with Crippen LogP contribution in [-0.4, -0.2) is 15.0 Å². The van der Waals surface area contributed by atoms with Crippen molar-refractivity contribution in [3.63, 3.8) is 0 Å². The number of benzene rings is 9. The van der Waals surface area contributed by atoms with Gasteiger partial charge in [0.2, 0.25) is 0 Å². The molecule has 0 bridgehead atoms. The van der Waals surface area contributed by atoms with Crippen LogP contribution in [-0.2, 0) is 0 Å². The summed E-state index contributed by atoms with van der Waals surface area (Å²) >= 11 is 0. The van der Waals surface area contributed by atoms with Gasteiger partial charge in [0, 0.05) is 32.8 Å². The Bertz CT molecular complexity index is 3150. The lowest BCUT2D eigenvalue weighted by atomic mass is 9.86. The molecule has 0 atom stereocenters. The number of hydrogen-bond donors (Lipinski definition) is 0. The lowest BCUT2D eigenvalue weighted by molar-refractivity contribution is 0.669. The fourth-order valence-corrected chi connectivity index (χ4v) is 8.19. The van der Waals surface area contributed by atoms with Gasteiger partial charge < -0.3 is 4.42 Å². The molecule has 256 valence electrons. The Kier molecular flexibility index (Phi) is 7.14. The van der Waals surface area contributed by atoms with Crippen LogP contribution in [0, 0.1) is 0 Å². The highest BCUT2D eigenvalue weighted by molar-refractivity contribution is 6.35. The Balaban J connectivity index is 1.04. The summed E-state index contributed by atoms with van der Waals surface area (Å²) in [5, 5.41) is 7.30. The van der Waals surface area contributed by atoms with Gasteiger partial charge in [0.15, 0.2) is 17.5 Å². The summed E-state index contributed by atoms with van der Waals surface area (Å²) in [6, 6.07) is 65.7. The van der Waals surface area contributed by atoms with Crippen LogP contribution < -0.4 is 0 Å². The highest BCUT2D eigenvalue weighted by Crippen LogP contribution is 2.47. The van der Waals surface area contributed by atoms with Crippen molar-refractivity contribution in [3.05, 3.63) is 188 Å². The highest BCUT2D eigenvalue weighted by Gasteiger charge is 2.21. The van der Waals surface area contributed by atoms with Crippen LogP contribution in [0.25, 0.3) is 111 Å². The smallest absolute Gasteiger partial charge is 0.164 e. The summed E-state index contributed by atoms with van der Waals surface area (Å²) in [5.41, 5.74) is 11.6. The highest BCUT2D eigenvalue weighted by atomic mass is 16.3. The van der Waals surface area contributed by atoms with E-state index in [0.717, 1.165) is 44.5 Å². The van der Waals surface area contributed by atoms with Crippen LogP contribution >= 0.6 is 0 Å². The van der Waals surface area contributed by atoms with Crippen molar-refractivity contribution in [1.82, 2.24) is 15.0 Å². The number of rotatable bonds is 6. The van der Waals surface area contributed by atoms with Gasteiger partial charge in [-0.05, 0) is 79.9 Å². The summed E-state index contributed by atoms with van der Waals surface area (Å²) in [6.45, 7) is 0. The molecule has 4 nitrogen and oxygen atoms in total. The van der Waals surface area contributed by atoms with E-state index in [0.29, 0.717) is 17.5 Å². The molecule has 0 spiro atoms. The fourth-order valence-electron chi connectivity index (χ4n) is 8.19. The van der Waals surface area contributed by atoms with Crippen molar-refractivity contribution in [2.45, 2.75) is 0 Å². The van der Waals surface area contributed by atoms with E-state index in [1.807, 2.05) is 60.7 Å². The van der Waals surface area contributed by atoms with Crippen molar-refractivity contribution in [2.24, 2.45) is 0 Å². The van der Waals surface area contributed by atoms with E-state index in [1.165, 1.54) is 49.0 Å². The molecule has 2 aromatic heterocycles. The van der Waals surface area contributed by atoms with Gasteiger partial charge in [-0.3, -0.25) is 0 Å². The monoisotopic (exact) mass is 701 g/mol. The Hall–Kier alpha value is -7.43. The topological polar surface area (TPSA) is 51.8 Å². The van der Waals surface area contributed by atoms with E-state index in [-0.39, 0.29) is 0 Å². The zero-order chi connectivity index (χ0) is 36.3. The largest absolute Gasteiger partial charge is 0.456 e. The molecule has 11 rings (SSSR count). The minimum absolute atomic E-state index is 0.635. The average molecular weight is 702 g/mol. The molecule has 55 heavy (non-hydrogen) atoms. The zero-order valence-corrected chi connectivity index (χ0v) is 29.6. The van der Waals surface area contributed by atoms with Gasteiger partial charge >= 0.3 is 0 Å². The lowest BCUT2D eigenvalue weighted by Gasteiger charge is -2.16. The second-order valence-electron chi connectivity index (χ2n) is 13.9. The van der Waals surface area contributed by atoms with Crippen molar-refractivity contribution in [2.75, 3.05) is 0 Å². The van der Waals surface area contributed by atoms with Gasteiger partial charge in [-0.2, -0.15) is 0 Å². The molecule has 4 heteroatoms. The molecule has 0 saturated carbocycles. The first kappa shape index (κ1) is 31.1. The second-order valence-corrected chi connectivity index (χ2v) is 13.9. The molecule has 0 aliphatic carbocycles. The van der Waals surface area contributed by atoms with E-state index < -0.39 is 0 Å². The summed E-state index contributed by atoms with van der Waals surface area (Å²) in [6.07, 6.45) is 0. The Morgan fingerprint density at radius 1 is 0.273 bits per heavy atom. The number of aromatic nitrogens is 3. The Morgan fingerprint density at radius 2 is 0.745 bits per heavy atom. The van der Waals surface area contributed by atoms with Crippen molar-refractivity contribution in [1.29, 1.82) is 0 Å². The number of nitrogens with zero attached hydrogens (tertiary/aromatic N) is 3. The van der Waals surface area contributed by atoms with Gasteiger partial charge in [0.1, 0.15) is 11.2 Å². The van der Waals surface area contributed by atoms with E-state index >= 15 is 0 Å². The van der Waals surface area contributed by atoms with Crippen LogP contribution in [0.15, 0.2) is 192 Å². The summed E-state index contributed by atoms with van der Waals surface area (Å²) in [5.74, 6) is 1.93. The van der Waals surface area contributed by atoms with E-state index in [1.54, 1.807) is 0 Å². The molecular weight excluding hydrogens is 671 g/mol. The Labute approximate surface area is 317 Å². The van der Waals surface area contributed by atoms with Crippen molar-refractivity contribution < 1.29 is 4.42 Å². The molecule has 0 aliphatic heterocycles. The molecular formula is C51H31N3O. The standard InChI is InChI=1S/C51H31N3O/c1-3-14-32(15-4-1)49-52-50(33-16-5-2-6-17-33)54-51(53-49)37-21-12-19-35(31-37)34-18-11-20-36(30-34)38-22-7-8-23-39(38)43-28-29-45-48-46(43)41-25-10-9-24-40(41)42-26-13-27-44(55-45)47(42)48/h1-31H. The van der Waals surface area contributed by atoms with Crippen molar-refractivity contribution >= 4 is 43.5 Å². The summed E-state index contributed by atoms with van der Waals surface area (Å²) in [7, 11) is 0. The molecule has 9 aromatic carbocycles. The van der Waals surface area contributed by atoms with Crippen molar-refractivity contribution in [3.8, 4) is 67.5 Å². The van der Waals surface area contributed by atoms with Crippen LogP contribution in [0.2, 0.25) is 0 Å². The quantitative estimate of drug-likeness (QED) is 0.162. The minimum atomic E-state index is 0.635. The third-order valence-electron chi connectivity index (χ3n) is 10.7. The van der Waals surface area contributed by atoms with E-state index in [9.17, 15) is 0 Å². The predicted octanol–water partition coefficient (Wildman–Crippen LogP) is 13.5. The van der Waals surface area contributed by atoms with Gasteiger partial charge in [-0.15, -0.1) is 0 Å². The fraction of sp³-hybridized carbons (Fsp3) is 0. The molecule has 0 fully saturated rings. The molecule has 0 unspecified atom stereocenters. The first-order chi connectivity index (χ1) is 27.3. The third-order valence-corrected chi connectivity index (χ3v) is 10.7. The van der Waals surface area contributed by atoms with E-state index in [2.05, 4.69) is 127 Å². The molecule has 11 aromatic rings. The molecule has 0 radical (unpaired) electrons. The van der Waals surface area contributed by atoms with Gasteiger partial charge in [-0.25, -0.2) is 15.0 Å². The SMILES string of the molecule is c1ccc(-c2nc(-c3ccccc3)nc(-c3cccc(-c4cccc(-c5ccccc5-c5ccc6oc7cccc8c9ccccc9c5c6c78)c4)c3)n2)cc1. The summed E-state index contributed by atoms with van der Waals surface area (Å²) < 4.78 is 6.44. The van der Waals surface area contributed by atoms with Crippen LogP contribution in [0.5, 0.6) is 0 Å². The molecule has 0 aliphatic rings. The normalized spacial score (nSPS) is 11.6. The molecule has 0 amide bonds. The average Bonchev–Trinajstić information content (AvgIpc) is 3.66. The maximum Gasteiger partial charge on any atom is 0.164 e. The lowest BCUT2D eigenvalue weighted by Crippen LogP contribution is -2.00. The maximum absolute atomic E-state index is 6.44. The maximum atomic E-state index is 6.44. The molecule has 2 heterocycles. The van der Waals surface area contributed by atoms with Gasteiger partial charge in [0.25, 0.3) is 0 Å². The first-order valence-electron chi connectivity index (χ1n) is 18.5. The first-order valence-corrected chi connectivity index (χ1v) is 18.5. The van der Waals surface area contributed by atoms with Gasteiger partial charge in [0.05, 0.1) is 0 Å². The number of fused-ring (bicyclic) bond motifs is 3. The minimum Gasteiger partial charge on any atom is -0.456 e. The zero-order valence-electron chi connectivity index (χ0n) is 29.6. The van der Waals surface area contributed by atoms with E-state index in [4.69, 9.17) is 19.4 Å². The molecule has 0 saturated heterocycles. The Morgan fingerprint density at radius 3 is 1.45 bits per heavy atom. The van der Waals surface area contributed by atoms with Gasteiger partial charge in [-0.1, -0.05) is 158 Å². The number of furan rings is 1. The summed E-state index contributed by atoms with van der Waals surface area (Å²) in [4.78, 5) is 14.9. The van der Waals surface area contributed by atoms with Crippen LogP contribution in [0.3, 0.4) is 0 Å².